The number of nitrogens with zero attached hydrogens (tertiary/aromatic N) is 5. The molecule has 0 saturated heterocycles. The van der Waals surface area contributed by atoms with Crippen molar-refractivity contribution in [2.45, 2.75) is 46.5 Å². The quantitative estimate of drug-likeness (QED) is 0.378. The minimum absolute atomic E-state index is 0.141. The average Bonchev–Trinajstić information content (AvgIpc) is 3.49. The van der Waals surface area contributed by atoms with E-state index in [2.05, 4.69) is 75.0 Å². The lowest BCUT2D eigenvalue weighted by molar-refractivity contribution is 0.416. The number of benzene rings is 1. The van der Waals surface area contributed by atoms with Gasteiger partial charge >= 0.3 is 0 Å². The second kappa shape index (κ2) is 9.14. The molecule has 0 fully saturated rings. The number of aromatic nitrogens is 4. The van der Waals surface area contributed by atoms with Gasteiger partial charge in [-0.1, -0.05) is 53.2 Å². The molecule has 0 amide bonds. The Hall–Kier alpha value is -2.93. The fourth-order valence-corrected chi connectivity index (χ4v) is 4.86. The van der Waals surface area contributed by atoms with Crippen LogP contribution >= 0.6 is 11.3 Å². The van der Waals surface area contributed by atoms with Gasteiger partial charge in [-0.05, 0) is 36.3 Å². The predicted molar refractivity (Wildman–Crippen MR) is 137 cm³/mol. The summed E-state index contributed by atoms with van der Waals surface area (Å²) in [6, 6.07) is 12.2. The highest BCUT2D eigenvalue weighted by Gasteiger charge is 2.25. The van der Waals surface area contributed by atoms with E-state index < -0.39 is 0 Å². The molecular weight excluding hydrogens is 430 g/mol. The number of fused-ring (bicyclic) bond motifs is 1. The number of rotatable bonds is 7. The summed E-state index contributed by atoms with van der Waals surface area (Å²) in [5, 5.41) is 16.3. The van der Waals surface area contributed by atoms with Crippen molar-refractivity contribution >= 4 is 28.1 Å². The number of para-hydroxylation sites is 1. The van der Waals surface area contributed by atoms with Crippen molar-refractivity contribution in [3.63, 3.8) is 0 Å². The molecule has 0 spiro atoms. The lowest BCUT2D eigenvalue weighted by Crippen LogP contribution is -2.22. The third-order valence-electron chi connectivity index (χ3n) is 5.95. The van der Waals surface area contributed by atoms with Crippen LogP contribution in [-0.4, -0.2) is 40.5 Å². The molecule has 1 atom stereocenters. The first-order valence-electron chi connectivity index (χ1n) is 11.4. The lowest BCUT2D eigenvalue weighted by atomic mass is 9.91. The van der Waals surface area contributed by atoms with Gasteiger partial charge in [0.05, 0.1) is 23.4 Å². The van der Waals surface area contributed by atoms with Crippen LogP contribution in [0.1, 0.15) is 51.6 Å². The highest BCUT2D eigenvalue weighted by molar-refractivity contribution is 7.16. The molecule has 7 heteroatoms. The Morgan fingerprint density at radius 1 is 1.15 bits per heavy atom. The van der Waals surface area contributed by atoms with E-state index in [-0.39, 0.29) is 5.41 Å². The number of anilines is 1. The van der Waals surface area contributed by atoms with E-state index in [9.17, 15) is 0 Å². The fourth-order valence-electron chi connectivity index (χ4n) is 3.94. The van der Waals surface area contributed by atoms with Crippen molar-refractivity contribution in [1.29, 1.82) is 0 Å². The molecule has 0 bridgehead atoms. The highest BCUT2D eigenvalue weighted by Crippen LogP contribution is 2.30. The second-order valence-corrected chi connectivity index (χ2v) is 10.8. The number of methoxy groups -OCH3 is 1. The summed E-state index contributed by atoms with van der Waals surface area (Å²) in [7, 11) is 3.84. The summed E-state index contributed by atoms with van der Waals surface area (Å²) in [4.78, 5) is 3.53. The van der Waals surface area contributed by atoms with Crippen LogP contribution in [0, 0.1) is 5.92 Å². The van der Waals surface area contributed by atoms with E-state index >= 15 is 0 Å². The zero-order valence-corrected chi connectivity index (χ0v) is 21.4. The summed E-state index contributed by atoms with van der Waals surface area (Å²) in [6.07, 6.45) is 3.39. The van der Waals surface area contributed by atoms with Gasteiger partial charge < -0.3 is 9.64 Å². The summed E-state index contributed by atoms with van der Waals surface area (Å²) >= 11 is 1.79. The number of hydrogen-bond acceptors (Lipinski definition) is 6. The smallest absolute Gasteiger partial charge is 0.189 e. The Morgan fingerprint density at radius 2 is 1.91 bits per heavy atom. The molecule has 6 nitrogen and oxygen atoms in total. The average molecular weight is 464 g/mol. The van der Waals surface area contributed by atoms with Gasteiger partial charge in [-0.15, -0.1) is 21.5 Å². The monoisotopic (exact) mass is 463 g/mol. The van der Waals surface area contributed by atoms with E-state index in [1.54, 1.807) is 18.4 Å². The first kappa shape index (κ1) is 23.2. The molecule has 0 aliphatic rings. The van der Waals surface area contributed by atoms with Crippen LogP contribution in [0.25, 0.3) is 23.1 Å². The number of hydrogen-bond donors (Lipinski definition) is 0. The molecule has 0 aliphatic carbocycles. The van der Waals surface area contributed by atoms with Gasteiger partial charge in [-0.2, -0.15) is 9.61 Å². The summed E-state index contributed by atoms with van der Waals surface area (Å²) in [5.74, 6) is 2.11. The highest BCUT2D eigenvalue weighted by atomic mass is 32.1. The lowest BCUT2D eigenvalue weighted by Gasteiger charge is -2.20. The summed E-state index contributed by atoms with van der Waals surface area (Å²) in [5.41, 5.74) is 2.51. The Balaban J connectivity index is 1.83. The molecule has 0 saturated carbocycles. The Bertz CT molecular complexity index is 1300. The van der Waals surface area contributed by atoms with E-state index in [1.807, 2.05) is 28.8 Å². The topological polar surface area (TPSA) is 55.6 Å². The molecular formula is C26H33N5OS. The molecule has 3 aromatic heterocycles. The molecule has 0 radical (unpaired) electrons. The van der Waals surface area contributed by atoms with Crippen LogP contribution in [0.4, 0.5) is 5.00 Å². The third-order valence-corrected chi connectivity index (χ3v) is 7.10. The van der Waals surface area contributed by atoms with Crippen molar-refractivity contribution in [2.24, 2.45) is 5.92 Å². The van der Waals surface area contributed by atoms with Gasteiger partial charge in [-0.25, -0.2) is 0 Å². The zero-order valence-electron chi connectivity index (χ0n) is 20.6. The van der Waals surface area contributed by atoms with Gasteiger partial charge in [0.25, 0.3) is 0 Å². The Morgan fingerprint density at radius 3 is 2.61 bits per heavy atom. The van der Waals surface area contributed by atoms with Crippen molar-refractivity contribution < 1.29 is 4.74 Å². The number of ether oxygens (including phenoxy) is 1. The first-order valence-corrected chi connectivity index (χ1v) is 12.3. The molecule has 1 unspecified atom stereocenters. The maximum atomic E-state index is 5.56. The maximum absolute atomic E-state index is 5.56. The van der Waals surface area contributed by atoms with Gasteiger partial charge in [0, 0.05) is 29.1 Å². The van der Waals surface area contributed by atoms with Gasteiger partial charge in [0.2, 0.25) is 0 Å². The van der Waals surface area contributed by atoms with Crippen LogP contribution < -0.4 is 14.9 Å². The van der Waals surface area contributed by atoms with E-state index in [4.69, 9.17) is 9.84 Å². The molecule has 4 aromatic rings. The van der Waals surface area contributed by atoms with E-state index in [1.165, 1.54) is 16.3 Å². The fraction of sp³-hybridized carbons (Fsp3) is 0.423. The molecule has 174 valence electrons. The van der Waals surface area contributed by atoms with Crippen molar-refractivity contribution in [1.82, 2.24) is 19.8 Å². The first-order chi connectivity index (χ1) is 15.7. The van der Waals surface area contributed by atoms with Crippen molar-refractivity contribution in [3.8, 4) is 17.1 Å². The minimum Gasteiger partial charge on any atom is -0.496 e. The van der Waals surface area contributed by atoms with Crippen LogP contribution in [0.3, 0.4) is 0 Å². The van der Waals surface area contributed by atoms with Crippen LogP contribution in [0.2, 0.25) is 0 Å². The van der Waals surface area contributed by atoms with Gasteiger partial charge in [0.15, 0.2) is 11.5 Å². The molecule has 4 rings (SSSR count). The molecule has 33 heavy (non-hydrogen) atoms. The Kier molecular flexibility index (Phi) is 6.43. The standard InChI is InChI=1S/C26H33N5OS/c1-8-17(2)16-30(6)22-14-13-18(33-22)15-20-23(26(3,4)5)29-31-24(27-28-25(20)31)19-11-9-10-12-21(19)32-7/h9-15,17H,8,16H2,1-7H3/b20-15-. The Labute approximate surface area is 199 Å². The predicted octanol–water partition coefficient (Wildman–Crippen LogP) is 5.19. The van der Waals surface area contributed by atoms with Crippen molar-refractivity contribution in [3.05, 3.63) is 52.2 Å². The SMILES string of the molecule is CCC(C)CN(C)c1ccc(/C=c2/c(C(C)(C)C)nn3c(-c4ccccc4OC)nnc23)s1. The molecule has 1 aromatic carbocycles. The molecule has 0 aliphatic heterocycles. The largest absolute Gasteiger partial charge is 0.496 e. The van der Waals surface area contributed by atoms with Crippen LogP contribution in [-0.2, 0) is 5.41 Å². The van der Waals surface area contributed by atoms with Gasteiger partial charge in [-0.3, -0.25) is 0 Å². The summed E-state index contributed by atoms with van der Waals surface area (Å²) < 4.78 is 7.41. The molecule has 0 N–H and O–H groups in total. The van der Waals surface area contributed by atoms with Crippen LogP contribution in [0.5, 0.6) is 5.75 Å². The normalized spacial score (nSPS) is 13.6. The van der Waals surface area contributed by atoms with E-state index in [0.717, 1.165) is 34.4 Å². The number of thiophene rings is 1. The van der Waals surface area contributed by atoms with E-state index in [0.29, 0.717) is 11.7 Å². The maximum Gasteiger partial charge on any atom is 0.189 e. The minimum atomic E-state index is -0.141. The van der Waals surface area contributed by atoms with Crippen LogP contribution in [0.15, 0.2) is 36.4 Å². The summed E-state index contributed by atoms with van der Waals surface area (Å²) in [6.45, 7) is 12.1. The van der Waals surface area contributed by atoms with Gasteiger partial charge in [0.1, 0.15) is 5.75 Å². The third kappa shape index (κ3) is 4.60. The van der Waals surface area contributed by atoms with Crippen molar-refractivity contribution in [2.75, 3.05) is 25.6 Å². The molecule has 3 heterocycles. The second-order valence-electron chi connectivity index (χ2n) is 9.69. The zero-order chi connectivity index (χ0) is 23.8.